The lowest BCUT2D eigenvalue weighted by Crippen LogP contribution is -2.28. The first kappa shape index (κ1) is 15.7. The van der Waals surface area contributed by atoms with Crippen LogP contribution in [0.3, 0.4) is 0 Å². The van der Waals surface area contributed by atoms with E-state index in [1.807, 2.05) is 30.3 Å². The van der Waals surface area contributed by atoms with Gasteiger partial charge in [-0.05, 0) is 63.7 Å². The Balaban J connectivity index is 1.94. The van der Waals surface area contributed by atoms with Crippen LogP contribution in [0.5, 0.6) is 0 Å². The number of hydrogen-bond donors (Lipinski definition) is 2. The number of nitrogens with two attached hydrogens (primary N) is 2. The minimum Gasteiger partial charge on any atom is -0.399 e. The van der Waals surface area contributed by atoms with Gasteiger partial charge in [-0.3, -0.25) is 0 Å². The molecule has 0 spiro atoms. The quantitative estimate of drug-likeness (QED) is 0.441. The predicted octanol–water partition coefficient (Wildman–Crippen LogP) is 5.01. The number of hydrogen-bond acceptors (Lipinski definition) is 2. The van der Waals surface area contributed by atoms with E-state index in [4.69, 9.17) is 11.5 Å². The Hall–Kier alpha value is -3.52. The fourth-order valence-electron chi connectivity index (χ4n) is 4.38. The summed E-state index contributed by atoms with van der Waals surface area (Å²) in [6.07, 6.45) is 0. The van der Waals surface area contributed by atoms with Crippen LogP contribution in [0.2, 0.25) is 0 Å². The highest BCUT2D eigenvalue weighted by atomic mass is 14.6. The van der Waals surface area contributed by atoms with Crippen LogP contribution in [0.15, 0.2) is 91.0 Å². The van der Waals surface area contributed by atoms with Crippen molar-refractivity contribution in [2.75, 3.05) is 11.5 Å². The molecule has 27 heavy (non-hydrogen) atoms. The lowest BCUT2D eigenvalue weighted by Gasteiger charge is -2.33. The minimum atomic E-state index is -0.436. The summed E-state index contributed by atoms with van der Waals surface area (Å²) in [6.45, 7) is 0. The fraction of sp³-hybridized carbons (Fsp3) is 0.0400. The van der Waals surface area contributed by atoms with Gasteiger partial charge in [-0.1, -0.05) is 66.7 Å². The highest BCUT2D eigenvalue weighted by Crippen LogP contribution is 2.55. The summed E-state index contributed by atoms with van der Waals surface area (Å²) in [4.78, 5) is 0. The molecular formula is C25H19N2. The molecule has 0 aliphatic heterocycles. The molecule has 5 rings (SSSR count). The molecule has 4 aromatic carbocycles. The molecule has 1 aliphatic carbocycles. The molecule has 0 amide bonds. The van der Waals surface area contributed by atoms with E-state index in [-0.39, 0.29) is 0 Å². The van der Waals surface area contributed by atoms with E-state index < -0.39 is 5.41 Å². The van der Waals surface area contributed by atoms with Gasteiger partial charge in [0.2, 0.25) is 0 Å². The number of anilines is 2. The van der Waals surface area contributed by atoms with Crippen molar-refractivity contribution in [3.63, 3.8) is 0 Å². The van der Waals surface area contributed by atoms with E-state index >= 15 is 0 Å². The van der Waals surface area contributed by atoms with E-state index in [1.54, 1.807) is 0 Å². The van der Waals surface area contributed by atoms with Gasteiger partial charge in [-0.15, -0.1) is 0 Å². The summed E-state index contributed by atoms with van der Waals surface area (Å²) in [5.41, 5.74) is 20.3. The first-order valence-corrected chi connectivity index (χ1v) is 9.04. The SMILES string of the molecule is Nc1ccc(C2(c3ccc(N)cc3)c3[c]cccc3-c3ccccc32)cc1. The average molecular weight is 347 g/mol. The molecule has 0 aromatic heterocycles. The summed E-state index contributed by atoms with van der Waals surface area (Å²) in [5, 5.41) is 0. The fourth-order valence-corrected chi connectivity index (χ4v) is 4.38. The van der Waals surface area contributed by atoms with Gasteiger partial charge >= 0.3 is 0 Å². The zero-order valence-electron chi connectivity index (χ0n) is 14.8. The summed E-state index contributed by atoms with van der Waals surface area (Å²) >= 11 is 0. The summed E-state index contributed by atoms with van der Waals surface area (Å²) in [6, 6.07) is 34.8. The maximum atomic E-state index is 5.99. The first-order valence-electron chi connectivity index (χ1n) is 9.04. The summed E-state index contributed by atoms with van der Waals surface area (Å²) in [5.74, 6) is 0. The number of fused-ring (bicyclic) bond motifs is 3. The van der Waals surface area contributed by atoms with Crippen LogP contribution in [-0.4, -0.2) is 0 Å². The molecule has 0 heterocycles. The van der Waals surface area contributed by atoms with Crippen LogP contribution in [-0.2, 0) is 5.41 Å². The Labute approximate surface area is 159 Å². The lowest BCUT2D eigenvalue weighted by molar-refractivity contribution is 0.767. The lowest BCUT2D eigenvalue weighted by atomic mass is 9.67. The predicted molar refractivity (Wildman–Crippen MR) is 111 cm³/mol. The van der Waals surface area contributed by atoms with Gasteiger partial charge in [0.05, 0.1) is 5.41 Å². The second-order valence-corrected chi connectivity index (χ2v) is 7.00. The first-order chi connectivity index (χ1) is 13.2. The molecule has 0 atom stereocenters. The molecule has 0 unspecified atom stereocenters. The van der Waals surface area contributed by atoms with Crippen molar-refractivity contribution in [1.29, 1.82) is 0 Å². The second kappa shape index (κ2) is 5.75. The van der Waals surface area contributed by atoms with E-state index in [9.17, 15) is 0 Å². The highest BCUT2D eigenvalue weighted by molar-refractivity contribution is 5.86. The van der Waals surface area contributed by atoms with Crippen molar-refractivity contribution >= 4 is 11.4 Å². The van der Waals surface area contributed by atoms with Gasteiger partial charge in [0.1, 0.15) is 0 Å². The zero-order chi connectivity index (χ0) is 18.4. The van der Waals surface area contributed by atoms with Crippen molar-refractivity contribution in [3.8, 4) is 11.1 Å². The Morgan fingerprint density at radius 3 is 1.78 bits per heavy atom. The monoisotopic (exact) mass is 347 g/mol. The van der Waals surface area contributed by atoms with Gasteiger partial charge in [0.25, 0.3) is 0 Å². The van der Waals surface area contributed by atoms with Gasteiger partial charge in [-0.2, -0.15) is 0 Å². The van der Waals surface area contributed by atoms with Crippen LogP contribution in [0.25, 0.3) is 11.1 Å². The van der Waals surface area contributed by atoms with E-state index in [1.165, 1.54) is 33.4 Å². The third kappa shape index (κ3) is 2.13. The number of nitrogen functional groups attached to an aromatic ring is 2. The minimum absolute atomic E-state index is 0.436. The van der Waals surface area contributed by atoms with E-state index in [2.05, 4.69) is 66.7 Å². The van der Waals surface area contributed by atoms with Gasteiger partial charge in [-0.25, -0.2) is 0 Å². The molecular weight excluding hydrogens is 328 g/mol. The van der Waals surface area contributed by atoms with E-state index in [0.29, 0.717) is 0 Å². The van der Waals surface area contributed by atoms with E-state index in [0.717, 1.165) is 11.4 Å². The van der Waals surface area contributed by atoms with Crippen molar-refractivity contribution in [3.05, 3.63) is 119 Å². The van der Waals surface area contributed by atoms with Gasteiger partial charge in [0.15, 0.2) is 0 Å². The van der Waals surface area contributed by atoms with Gasteiger partial charge in [0, 0.05) is 11.4 Å². The van der Waals surface area contributed by atoms with Crippen molar-refractivity contribution in [2.24, 2.45) is 0 Å². The maximum absolute atomic E-state index is 5.99. The third-order valence-electron chi connectivity index (χ3n) is 5.54. The average Bonchev–Trinajstić information content (AvgIpc) is 3.01. The Morgan fingerprint density at radius 2 is 1.15 bits per heavy atom. The second-order valence-electron chi connectivity index (χ2n) is 7.00. The van der Waals surface area contributed by atoms with Crippen LogP contribution >= 0.6 is 0 Å². The largest absolute Gasteiger partial charge is 0.399 e. The molecule has 0 fully saturated rings. The maximum Gasteiger partial charge on any atom is 0.0719 e. The molecule has 2 heteroatoms. The van der Waals surface area contributed by atoms with Crippen LogP contribution in [0.4, 0.5) is 11.4 Å². The van der Waals surface area contributed by atoms with Crippen molar-refractivity contribution in [1.82, 2.24) is 0 Å². The van der Waals surface area contributed by atoms with Gasteiger partial charge < -0.3 is 11.5 Å². The van der Waals surface area contributed by atoms with Crippen LogP contribution in [0.1, 0.15) is 22.3 Å². The van der Waals surface area contributed by atoms with Crippen molar-refractivity contribution < 1.29 is 0 Å². The molecule has 4 aromatic rings. The standard InChI is InChI=1S/C25H19N2/c26-19-13-9-17(10-14-19)25(18-11-15-20(27)16-12-18)23-7-3-1-5-21(23)22-6-2-4-8-24(22)25/h1-7,9-16H,26-27H2. The normalized spacial score (nSPS) is 13.8. The summed E-state index contributed by atoms with van der Waals surface area (Å²) < 4.78 is 0. The molecule has 1 aliphatic rings. The topological polar surface area (TPSA) is 52.0 Å². The molecule has 0 saturated carbocycles. The molecule has 0 saturated heterocycles. The molecule has 1 radical (unpaired) electrons. The Kier molecular flexibility index (Phi) is 3.34. The Bertz CT molecular complexity index is 1030. The molecule has 129 valence electrons. The van der Waals surface area contributed by atoms with Crippen LogP contribution < -0.4 is 11.5 Å². The summed E-state index contributed by atoms with van der Waals surface area (Å²) in [7, 11) is 0. The van der Waals surface area contributed by atoms with Crippen LogP contribution in [0, 0.1) is 6.07 Å². The number of benzene rings is 4. The number of rotatable bonds is 2. The molecule has 4 N–H and O–H groups in total. The molecule has 2 nitrogen and oxygen atoms in total. The smallest absolute Gasteiger partial charge is 0.0719 e. The van der Waals surface area contributed by atoms with Crippen molar-refractivity contribution in [2.45, 2.75) is 5.41 Å². The Morgan fingerprint density at radius 1 is 0.593 bits per heavy atom. The zero-order valence-corrected chi connectivity index (χ0v) is 14.8. The molecule has 0 bridgehead atoms. The highest BCUT2D eigenvalue weighted by Gasteiger charge is 2.45. The third-order valence-corrected chi connectivity index (χ3v) is 5.54.